The minimum Gasteiger partial charge on any atom is -0.485 e. The zero-order valence-corrected chi connectivity index (χ0v) is 19.0. The average Bonchev–Trinajstić information content (AvgIpc) is 3.19. The highest BCUT2D eigenvalue weighted by molar-refractivity contribution is 5.89. The Morgan fingerprint density at radius 3 is 2.74 bits per heavy atom. The summed E-state index contributed by atoms with van der Waals surface area (Å²) in [5.74, 6) is 1.30. The van der Waals surface area contributed by atoms with Crippen LogP contribution < -0.4 is 14.4 Å². The van der Waals surface area contributed by atoms with Crippen LogP contribution in [0.5, 0.6) is 11.5 Å². The molecule has 0 atom stereocenters. The number of para-hydroxylation sites is 1. The number of alkyl halides is 2. The number of anilines is 1. The fourth-order valence-electron chi connectivity index (χ4n) is 3.53. The lowest BCUT2D eigenvalue weighted by atomic mass is 10.2. The molecule has 2 heterocycles. The van der Waals surface area contributed by atoms with Crippen LogP contribution in [0.2, 0.25) is 0 Å². The second-order valence-corrected chi connectivity index (χ2v) is 7.63. The summed E-state index contributed by atoms with van der Waals surface area (Å²) in [6.07, 6.45) is 1.53. The molecule has 0 spiro atoms. The average molecular weight is 477 g/mol. The molecule has 8 nitrogen and oxygen atoms in total. The SMILES string of the molecule is CC(=O)N(C)c1cc(OCc2nc3ccc(C#N)cc3n2Cc2ccccc2OC(F)F)ccn1. The van der Waals surface area contributed by atoms with Crippen LogP contribution in [0.3, 0.4) is 0 Å². The van der Waals surface area contributed by atoms with Gasteiger partial charge in [0.2, 0.25) is 5.91 Å². The van der Waals surface area contributed by atoms with Crippen LogP contribution in [-0.4, -0.2) is 34.1 Å². The Labute approximate surface area is 200 Å². The highest BCUT2D eigenvalue weighted by Crippen LogP contribution is 2.26. The summed E-state index contributed by atoms with van der Waals surface area (Å²) in [5, 5.41) is 9.35. The summed E-state index contributed by atoms with van der Waals surface area (Å²) in [6.45, 7) is -1.32. The van der Waals surface area contributed by atoms with Crippen molar-refractivity contribution >= 4 is 22.8 Å². The molecule has 178 valence electrons. The molecule has 2 aromatic carbocycles. The monoisotopic (exact) mass is 477 g/mol. The second-order valence-electron chi connectivity index (χ2n) is 7.63. The number of carbonyl (C=O) groups excluding carboxylic acids is 1. The largest absolute Gasteiger partial charge is 0.485 e. The number of hydrogen-bond donors (Lipinski definition) is 0. The van der Waals surface area contributed by atoms with E-state index in [1.807, 2.05) is 0 Å². The van der Waals surface area contributed by atoms with Gasteiger partial charge in [0.25, 0.3) is 0 Å². The maximum absolute atomic E-state index is 12.9. The van der Waals surface area contributed by atoms with Gasteiger partial charge in [-0.25, -0.2) is 9.97 Å². The minimum atomic E-state index is -2.96. The number of imidazole rings is 1. The quantitative estimate of drug-likeness (QED) is 0.371. The fraction of sp³-hybridized carbons (Fsp3) is 0.200. The minimum absolute atomic E-state index is 0.0433. The second kappa shape index (κ2) is 10.2. The standard InChI is InChI=1S/C25H21F2N5O3/c1-16(33)31(2)23-12-19(9-10-29-23)34-15-24-30-20-8-7-17(13-28)11-21(20)32(24)14-18-5-3-4-6-22(18)35-25(26)27/h3-12,25H,14-15H2,1-2H3. The number of amides is 1. The van der Waals surface area contributed by atoms with Crippen molar-refractivity contribution in [2.24, 2.45) is 0 Å². The summed E-state index contributed by atoms with van der Waals surface area (Å²) in [6, 6.07) is 17.0. The zero-order chi connectivity index (χ0) is 24.9. The molecule has 0 radical (unpaired) electrons. The van der Waals surface area contributed by atoms with Crippen LogP contribution in [-0.2, 0) is 17.9 Å². The maximum atomic E-state index is 12.9. The van der Waals surface area contributed by atoms with E-state index in [0.717, 1.165) is 0 Å². The van der Waals surface area contributed by atoms with E-state index in [2.05, 4.69) is 20.8 Å². The van der Waals surface area contributed by atoms with Crippen LogP contribution >= 0.6 is 0 Å². The Kier molecular flexibility index (Phi) is 6.87. The number of halogens is 2. The molecule has 0 aliphatic carbocycles. The summed E-state index contributed by atoms with van der Waals surface area (Å²) in [5.41, 5.74) is 2.24. The molecule has 0 bridgehead atoms. The number of nitriles is 1. The smallest absolute Gasteiger partial charge is 0.387 e. The number of pyridine rings is 1. The van der Waals surface area contributed by atoms with Crippen molar-refractivity contribution in [3.8, 4) is 17.6 Å². The van der Waals surface area contributed by atoms with E-state index in [0.29, 0.717) is 39.6 Å². The number of aromatic nitrogens is 3. The Hall–Kier alpha value is -4.52. The zero-order valence-electron chi connectivity index (χ0n) is 19.0. The first-order chi connectivity index (χ1) is 16.9. The number of rotatable bonds is 8. The molecular formula is C25H21F2N5O3. The van der Waals surface area contributed by atoms with Crippen LogP contribution in [0, 0.1) is 11.3 Å². The lowest BCUT2D eigenvalue weighted by Gasteiger charge is -2.16. The van der Waals surface area contributed by atoms with E-state index in [1.165, 1.54) is 24.1 Å². The van der Waals surface area contributed by atoms with Gasteiger partial charge in [0.15, 0.2) is 0 Å². The molecule has 2 aromatic heterocycles. The third-order valence-corrected chi connectivity index (χ3v) is 5.37. The highest BCUT2D eigenvalue weighted by atomic mass is 19.3. The first kappa shape index (κ1) is 23.6. The van der Waals surface area contributed by atoms with Crippen LogP contribution in [0.15, 0.2) is 60.8 Å². The third-order valence-electron chi connectivity index (χ3n) is 5.37. The summed E-state index contributed by atoms with van der Waals surface area (Å²) < 4.78 is 38.3. The van der Waals surface area contributed by atoms with Crippen molar-refractivity contribution in [2.75, 3.05) is 11.9 Å². The van der Waals surface area contributed by atoms with Gasteiger partial charge in [-0.3, -0.25) is 4.79 Å². The van der Waals surface area contributed by atoms with Crippen molar-refractivity contribution in [3.63, 3.8) is 0 Å². The summed E-state index contributed by atoms with van der Waals surface area (Å²) >= 11 is 0. The molecule has 0 unspecified atom stereocenters. The molecule has 0 aliphatic rings. The molecule has 0 saturated carbocycles. The van der Waals surface area contributed by atoms with Gasteiger partial charge in [-0.05, 0) is 30.3 Å². The van der Waals surface area contributed by atoms with Gasteiger partial charge in [-0.2, -0.15) is 14.0 Å². The highest BCUT2D eigenvalue weighted by Gasteiger charge is 2.16. The van der Waals surface area contributed by atoms with Gasteiger partial charge >= 0.3 is 6.61 Å². The Balaban J connectivity index is 1.69. The van der Waals surface area contributed by atoms with Gasteiger partial charge in [-0.1, -0.05) is 18.2 Å². The van der Waals surface area contributed by atoms with E-state index in [-0.39, 0.29) is 24.8 Å². The molecular weight excluding hydrogens is 456 g/mol. The Morgan fingerprint density at radius 2 is 2.00 bits per heavy atom. The number of nitrogens with zero attached hydrogens (tertiary/aromatic N) is 5. The molecule has 4 rings (SSSR count). The number of ether oxygens (including phenoxy) is 2. The normalized spacial score (nSPS) is 10.9. The van der Waals surface area contributed by atoms with Gasteiger partial charge in [0.05, 0.1) is 29.2 Å². The first-order valence-electron chi connectivity index (χ1n) is 10.6. The summed E-state index contributed by atoms with van der Waals surface area (Å²) in [4.78, 5) is 21.9. The van der Waals surface area contributed by atoms with Crippen molar-refractivity contribution in [1.82, 2.24) is 14.5 Å². The topological polar surface area (TPSA) is 93.3 Å². The number of benzene rings is 2. The molecule has 0 aliphatic heterocycles. The van der Waals surface area contributed by atoms with Crippen LogP contribution in [0.25, 0.3) is 11.0 Å². The number of hydrogen-bond acceptors (Lipinski definition) is 6. The predicted octanol–water partition coefficient (Wildman–Crippen LogP) is 4.51. The van der Waals surface area contributed by atoms with Crippen molar-refractivity contribution in [3.05, 3.63) is 77.7 Å². The van der Waals surface area contributed by atoms with E-state index >= 15 is 0 Å². The van der Waals surface area contributed by atoms with E-state index in [1.54, 1.807) is 60.1 Å². The third kappa shape index (κ3) is 5.35. The molecule has 1 amide bonds. The lowest BCUT2D eigenvalue weighted by Crippen LogP contribution is -2.23. The van der Waals surface area contributed by atoms with E-state index in [9.17, 15) is 18.8 Å². The predicted molar refractivity (Wildman–Crippen MR) is 124 cm³/mol. The number of carbonyl (C=O) groups is 1. The molecule has 10 heteroatoms. The van der Waals surface area contributed by atoms with Crippen LogP contribution in [0.1, 0.15) is 23.9 Å². The molecule has 0 fully saturated rings. The molecule has 4 aromatic rings. The van der Waals surface area contributed by atoms with Crippen molar-refractivity contribution < 1.29 is 23.0 Å². The molecule has 0 saturated heterocycles. The fourth-order valence-corrected chi connectivity index (χ4v) is 3.53. The molecule has 0 N–H and O–H groups in total. The van der Waals surface area contributed by atoms with Crippen molar-refractivity contribution in [1.29, 1.82) is 5.26 Å². The Morgan fingerprint density at radius 1 is 1.20 bits per heavy atom. The van der Waals surface area contributed by atoms with Gasteiger partial charge < -0.3 is 18.9 Å². The van der Waals surface area contributed by atoms with E-state index < -0.39 is 6.61 Å². The summed E-state index contributed by atoms with van der Waals surface area (Å²) in [7, 11) is 1.61. The van der Waals surface area contributed by atoms with E-state index in [4.69, 9.17) is 4.74 Å². The Bertz CT molecular complexity index is 1410. The van der Waals surface area contributed by atoms with Gasteiger partial charge in [-0.15, -0.1) is 0 Å². The number of fused-ring (bicyclic) bond motifs is 1. The van der Waals surface area contributed by atoms with Gasteiger partial charge in [0.1, 0.15) is 29.7 Å². The van der Waals surface area contributed by atoms with Crippen molar-refractivity contribution in [2.45, 2.75) is 26.7 Å². The first-order valence-corrected chi connectivity index (χ1v) is 10.6. The maximum Gasteiger partial charge on any atom is 0.387 e. The van der Waals surface area contributed by atoms with Gasteiger partial charge in [0, 0.05) is 31.8 Å². The lowest BCUT2D eigenvalue weighted by molar-refractivity contribution is -0.116. The molecule has 35 heavy (non-hydrogen) atoms. The van der Waals surface area contributed by atoms with Crippen LogP contribution in [0.4, 0.5) is 14.6 Å².